The summed E-state index contributed by atoms with van der Waals surface area (Å²) in [5.41, 5.74) is -0.265. The predicted octanol–water partition coefficient (Wildman–Crippen LogP) is 2.65. The third-order valence-corrected chi connectivity index (χ3v) is 2.58. The smallest absolute Gasteiger partial charge is 0.207 e. The third-order valence-electron chi connectivity index (χ3n) is 1.83. The fourth-order valence-corrected chi connectivity index (χ4v) is 1.69. The Morgan fingerprint density at radius 1 is 1.27 bits per heavy atom. The molecule has 0 aliphatic heterocycles. The summed E-state index contributed by atoms with van der Waals surface area (Å²) in [5, 5.41) is 0. The molecule has 0 saturated carbocycles. The molecule has 0 unspecified atom stereocenters. The minimum atomic E-state index is -0.727. The van der Waals surface area contributed by atoms with Crippen LogP contribution in [0.4, 0.5) is 8.78 Å². The first-order valence-electron chi connectivity index (χ1n) is 4.09. The van der Waals surface area contributed by atoms with Crippen LogP contribution in [0.5, 0.6) is 0 Å². The summed E-state index contributed by atoms with van der Waals surface area (Å²) in [7, 11) is 0. The van der Waals surface area contributed by atoms with Crippen molar-refractivity contribution in [2.45, 2.75) is 0 Å². The Hall–Kier alpha value is -1.62. The fraction of sp³-hybridized carbons (Fsp3) is 0. The molecule has 0 bridgehead atoms. The maximum atomic E-state index is 13.2. The van der Waals surface area contributed by atoms with Gasteiger partial charge in [-0.05, 0) is 35.8 Å². The largest absolute Gasteiger partial charge is 0.288 e. The molecule has 0 saturated heterocycles. The van der Waals surface area contributed by atoms with Crippen molar-refractivity contribution in [3.05, 3.63) is 52.5 Å². The zero-order valence-corrected chi connectivity index (χ0v) is 8.22. The molecule has 0 spiro atoms. The molecule has 1 aromatic carbocycles. The Balaban J connectivity index is 2.46. The molecule has 0 radical (unpaired) electrons. The lowest BCUT2D eigenvalue weighted by molar-refractivity contribution is 0.103. The minimum absolute atomic E-state index is 0.265. The topological polar surface area (TPSA) is 30.0 Å². The normalized spacial score (nSPS) is 10.3. The van der Waals surface area contributed by atoms with Gasteiger partial charge in [0.1, 0.15) is 11.6 Å². The summed E-state index contributed by atoms with van der Waals surface area (Å²) in [6.45, 7) is 0. The summed E-state index contributed by atoms with van der Waals surface area (Å²) in [4.78, 5) is 11.9. The number of carbonyl (C=O) groups excluding carboxylic acids is 1. The molecule has 0 N–H and O–H groups in total. The number of rotatable bonds is 2. The van der Waals surface area contributed by atoms with Crippen LogP contribution in [0, 0.1) is 11.6 Å². The van der Waals surface area contributed by atoms with Gasteiger partial charge in [0.25, 0.3) is 0 Å². The first-order valence-corrected chi connectivity index (χ1v) is 4.86. The molecule has 0 atom stereocenters. The van der Waals surface area contributed by atoms with E-state index in [4.69, 9.17) is 0 Å². The van der Waals surface area contributed by atoms with Gasteiger partial charge >= 0.3 is 0 Å². The maximum Gasteiger partial charge on any atom is 0.207 e. The van der Waals surface area contributed by atoms with Crippen molar-refractivity contribution in [3.8, 4) is 0 Å². The molecule has 0 fully saturated rings. The summed E-state index contributed by atoms with van der Waals surface area (Å²) in [6.07, 6.45) is 1.44. The maximum absolute atomic E-state index is 13.2. The number of aromatic nitrogens is 1. The van der Waals surface area contributed by atoms with Crippen molar-refractivity contribution in [2.75, 3.05) is 0 Å². The van der Waals surface area contributed by atoms with Crippen LogP contribution in [-0.2, 0) is 0 Å². The van der Waals surface area contributed by atoms with Gasteiger partial charge in [-0.2, -0.15) is 0 Å². The zero-order valence-electron chi connectivity index (χ0n) is 7.41. The Kier molecular flexibility index (Phi) is 2.55. The van der Waals surface area contributed by atoms with Crippen LogP contribution in [0.3, 0.4) is 0 Å². The average Bonchev–Trinajstić information content (AvgIpc) is 2.74. The number of carbonyl (C=O) groups is 1. The van der Waals surface area contributed by atoms with E-state index in [2.05, 4.69) is 4.37 Å². The zero-order chi connectivity index (χ0) is 10.8. The summed E-state index contributed by atoms with van der Waals surface area (Å²) in [5.74, 6) is -1.91. The molecular weight excluding hydrogens is 220 g/mol. The quantitative estimate of drug-likeness (QED) is 0.735. The van der Waals surface area contributed by atoms with E-state index >= 15 is 0 Å². The number of nitrogens with zero attached hydrogens (tertiary/aromatic N) is 1. The molecule has 15 heavy (non-hydrogen) atoms. The van der Waals surface area contributed by atoms with Crippen LogP contribution >= 0.6 is 11.5 Å². The van der Waals surface area contributed by atoms with Gasteiger partial charge in [-0.1, -0.05) is 0 Å². The van der Waals surface area contributed by atoms with Gasteiger partial charge < -0.3 is 0 Å². The van der Waals surface area contributed by atoms with Crippen LogP contribution in [0.15, 0.2) is 30.5 Å². The van der Waals surface area contributed by atoms with Gasteiger partial charge in [0.2, 0.25) is 5.78 Å². The van der Waals surface area contributed by atoms with E-state index in [0.717, 1.165) is 29.7 Å². The highest BCUT2D eigenvalue weighted by Gasteiger charge is 2.15. The van der Waals surface area contributed by atoms with Crippen molar-refractivity contribution < 1.29 is 13.6 Å². The fourth-order valence-electron chi connectivity index (χ4n) is 1.14. The van der Waals surface area contributed by atoms with Crippen LogP contribution in [0.2, 0.25) is 0 Å². The number of hydrogen-bond donors (Lipinski definition) is 0. The molecule has 5 heteroatoms. The summed E-state index contributed by atoms with van der Waals surface area (Å²) < 4.78 is 29.8. The second kappa shape index (κ2) is 3.86. The van der Waals surface area contributed by atoms with Gasteiger partial charge in [0.15, 0.2) is 0 Å². The van der Waals surface area contributed by atoms with Crippen molar-refractivity contribution >= 4 is 17.3 Å². The summed E-state index contributed by atoms with van der Waals surface area (Å²) in [6, 6.07) is 4.26. The van der Waals surface area contributed by atoms with E-state index in [0.29, 0.717) is 4.88 Å². The Morgan fingerprint density at radius 2 is 2.07 bits per heavy atom. The lowest BCUT2D eigenvalue weighted by atomic mass is 10.1. The SMILES string of the molecule is O=C(c1ccns1)c1cc(F)ccc1F. The Bertz CT molecular complexity index is 496. The molecule has 0 amide bonds. The van der Waals surface area contributed by atoms with Crippen LogP contribution < -0.4 is 0 Å². The van der Waals surface area contributed by atoms with Crippen molar-refractivity contribution in [3.63, 3.8) is 0 Å². The first-order chi connectivity index (χ1) is 7.18. The van der Waals surface area contributed by atoms with Crippen molar-refractivity contribution in [1.29, 1.82) is 0 Å². The van der Waals surface area contributed by atoms with Gasteiger partial charge in [0.05, 0.1) is 10.4 Å². The number of hydrogen-bond acceptors (Lipinski definition) is 3. The van der Waals surface area contributed by atoms with Gasteiger partial charge in [-0.3, -0.25) is 4.79 Å². The molecule has 1 aromatic heterocycles. The molecule has 0 aliphatic carbocycles. The molecular formula is C10H5F2NOS. The molecule has 2 nitrogen and oxygen atoms in total. The van der Waals surface area contributed by atoms with Gasteiger partial charge in [-0.25, -0.2) is 13.2 Å². The summed E-state index contributed by atoms with van der Waals surface area (Å²) >= 11 is 0.952. The van der Waals surface area contributed by atoms with E-state index in [1.54, 1.807) is 0 Å². The van der Waals surface area contributed by atoms with E-state index in [1.165, 1.54) is 12.3 Å². The molecule has 76 valence electrons. The van der Waals surface area contributed by atoms with E-state index in [-0.39, 0.29) is 5.56 Å². The van der Waals surface area contributed by atoms with Crippen LogP contribution in [0.1, 0.15) is 15.2 Å². The van der Waals surface area contributed by atoms with Crippen molar-refractivity contribution in [1.82, 2.24) is 4.37 Å². The van der Waals surface area contributed by atoms with Crippen LogP contribution in [-0.4, -0.2) is 10.2 Å². The lowest BCUT2D eigenvalue weighted by Crippen LogP contribution is -2.02. The van der Waals surface area contributed by atoms with Gasteiger partial charge in [0, 0.05) is 6.20 Å². The van der Waals surface area contributed by atoms with E-state index < -0.39 is 17.4 Å². The van der Waals surface area contributed by atoms with E-state index in [9.17, 15) is 13.6 Å². The predicted molar refractivity (Wildman–Crippen MR) is 51.9 cm³/mol. The minimum Gasteiger partial charge on any atom is -0.288 e. The Labute approximate surface area is 88.3 Å². The van der Waals surface area contributed by atoms with Crippen LogP contribution in [0.25, 0.3) is 0 Å². The Morgan fingerprint density at radius 3 is 2.73 bits per heavy atom. The molecule has 0 aliphatic rings. The third kappa shape index (κ3) is 1.92. The second-order valence-corrected chi connectivity index (χ2v) is 3.66. The highest BCUT2D eigenvalue weighted by molar-refractivity contribution is 7.08. The number of ketones is 1. The average molecular weight is 225 g/mol. The van der Waals surface area contributed by atoms with E-state index in [1.807, 2.05) is 0 Å². The second-order valence-electron chi connectivity index (χ2n) is 2.83. The number of halogens is 2. The highest BCUT2D eigenvalue weighted by atomic mass is 32.1. The van der Waals surface area contributed by atoms with Gasteiger partial charge in [-0.15, -0.1) is 0 Å². The lowest BCUT2D eigenvalue weighted by Gasteiger charge is -1.99. The molecule has 2 aromatic rings. The highest BCUT2D eigenvalue weighted by Crippen LogP contribution is 2.16. The first kappa shape index (κ1) is 9.92. The molecule has 1 heterocycles. The monoisotopic (exact) mass is 225 g/mol. The molecule has 2 rings (SSSR count). The standard InChI is InChI=1S/C10H5F2NOS/c11-6-1-2-8(12)7(5-6)10(14)9-3-4-13-15-9/h1-5H. The number of benzene rings is 1. The van der Waals surface area contributed by atoms with Crippen molar-refractivity contribution in [2.24, 2.45) is 0 Å².